The Balaban J connectivity index is 2.26. The van der Waals surface area contributed by atoms with Crippen LogP contribution in [0.3, 0.4) is 0 Å². The van der Waals surface area contributed by atoms with Crippen LogP contribution >= 0.6 is 0 Å². The van der Waals surface area contributed by atoms with Crippen molar-refractivity contribution in [3.8, 4) is 0 Å². The molecule has 1 N–H and O–H groups in total. The Kier molecular flexibility index (Phi) is 5.76. The fourth-order valence-corrected chi connectivity index (χ4v) is 1.76. The molecule has 2 amide bonds. The second kappa shape index (κ2) is 7.11. The van der Waals surface area contributed by atoms with Gasteiger partial charge in [-0.1, -0.05) is 0 Å². The van der Waals surface area contributed by atoms with E-state index in [1.807, 2.05) is 11.8 Å². The lowest BCUT2D eigenvalue weighted by Crippen LogP contribution is -2.51. The van der Waals surface area contributed by atoms with Crippen LogP contribution in [0.5, 0.6) is 0 Å². The third-order valence-electron chi connectivity index (χ3n) is 2.64. The first-order valence-electron chi connectivity index (χ1n) is 6.08. The summed E-state index contributed by atoms with van der Waals surface area (Å²) in [5.74, 6) is 0.0390. The monoisotopic (exact) mass is 243 g/mol. The summed E-state index contributed by atoms with van der Waals surface area (Å²) < 4.78 is 4.93. The quantitative estimate of drug-likeness (QED) is 0.749. The second-order valence-electron chi connectivity index (χ2n) is 3.92. The highest BCUT2D eigenvalue weighted by atomic mass is 16.6. The Morgan fingerprint density at radius 1 is 1.18 bits per heavy atom. The van der Waals surface area contributed by atoms with E-state index in [9.17, 15) is 9.59 Å². The third kappa shape index (κ3) is 4.60. The minimum Gasteiger partial charge on any atom is -0.450 e. The van der Waals surface area contributed by atoms with E-state index in [0.717, 1.165) is 13.1 Å². The predicted molar refractivity (Wildman–Crippen MR) is 63.7 cm³/mol. The van der Waals surface area contributed by atoms with Crippen LogP contribution in [0.15, 0.2) is 0 Å². The maximum Gasteiger partial charge on any atom is 0.409 e. The molecule has 0 saturated carbocycles. The van der Waals surface area contributed by atoms with Gasteiger partial charge < -0.3 is 15.0 Å². The summed E-state index contributed by atoms with van der Waals surface area (Å²) in [5, 5.41) is 2.76. The predicted octanol–water partition coefficient (Wildman–Crippen LogP) is -0.103. The van der Waals surface area contributed by atoms with Crippen LogP contribution in [0.25, 0.3) is 0 Å². The molecule has 1 aliphatic rings. The Bertz CT molecular complexity index is 263. The average molecular weight is 243 g/mol. The van der Waals surface area contributed by atoms with E-state index < -0.39 is 0 Å². The van der Waals surface area contributed by atoms with Gasteiger partial charge in [-0.05, 0) is 13.8 Å². The zero-order valence-corrected chi connectivity index (χ0v) is 10.6. The Morgan fingerprint density at radius 2 is 1.82 bits per heavy atom. The minimum absolute atomic E-state index is 0.0390. The van der Waals surface area contributed by atoms with Crippen LogP contribution in [-0.2, 0) is 9.53 Å². The molecule has 0 aromatic rings. The Hall–Kier alpha value is -1.30. The van der Waals surface area contributed by atoms with E-state index in [0.29, 0.717) is 32.8 Å². The average Bonchev–Trinajstić information content (AvgIpc) is 2.30. The standard InChI is InChI=1S/C11H21N3O3/c1-3-12-10(15)9-13-5-7-14(8-6-13)11(16)17-4-2/h3-9H2,1-2H3,(H,12,15). The summed E-state index contributed by atoms with van der Waals surface area (Å²) in [7, 11) is 0. The van der Waals surface area contributed by atoms with E-state index in [-0.39, 0.29) is 12.0 Å². The van der Waals surface area contributed by atoms with Gasteiger partial charge in [0.25, 0.3) is 0 Å². The van der Waals surface area contributed by atoms with E-state index >= 15 is 0 Å². The highest BCUT2D eigenvalue weighted by Crippen LogP contribution is 2.03. The van der Waals surface area contributed by atoms with Crippen LogP contribution in [-0.4, -0.2) is 67.7 Å². The second-order valence-corrected chi connectivity index (χ2v) is 3.92. The number of amides is 2. The van der Waals surface area contributed by atoms with Crippen LogP contribution in [0.1, 0.15) is 13.8 Å². The summed E-state index contributed by atoms with van der Waals surface area (Å²) in [6.07, 6.45) is -0.259. The maximum atomic E-state index is 11.4. The number of rotatable bonds is 4. The zero-order valence-electron chi connectivity index (χ0n) is 10.6. The number of likely N-dealkylation sites (N-methyl/N-ethyl adjacent to an activating group) is 1. The molecule has 17 heavy (non-hydrogen) atoms. The Morgan fingerprint density at radius 3 is 2.35 bits per heavy atom. The molecule has 1 fully saturated rings. The van der Waals surface area contributed by atoms with Gasteiger partial charge in [0.15, 0.2) is 0 Å². The number of ether oxygens (including phenoxy) is 1. The molecule has 6 heteroatoms. The molecular formula is C11H21N3O3. The van der Waals surface area contributed by atoms with Gasteiger partial charge >= 0.3 is 6.09 Å². The lowest BCUT2D eigenvalue weighted by atomic mass is 10.3. The number of nitrogens with one attached hydrogen (secondary N) is 1. The van der Waals surface area contributed by atoms with Gasteiger partial charge in [-0.3, -0.25) is 9.69 Å². The first-order chi connectivity index (χ1) is 8.17. The van der Waals surface area contributed by atoms with Gasteiger partial charge in [0.1, 0.15) is 0 Å². The number of carbonyl (C=O) groups is 2. The zero-order chi connectivity index (χ0) is 12.7. The Labute approximate surface area is 102 Å². The fraction of sp³-hybridized carbons (Fsp3) is 0.818. The highest BCUT2D eigenvalue weighted by Gasteiger charge is 2.22. The van der Waals surface area contributed by atoms with E-state index in [1.54, 1.807) is 11.8 Å². The number of nitrogens with zero attached hydrogens (tertiary/aromatic N) is 2. The first kappa shape index (κ1) is 13.8. The summed E-state index contributed by atoms with van der Waals surface area (Å²) in [5.41, 5.74) is 0. The number of carbonyl (C=O) groups excluding carboxylic acids is 2. The number of hydrogen-bond acceptors (Lipinski definition) is 4. The summed E-state index contributed by atoms with van der Waals surface area (Å²) in [6, 6.07) is 0. The molecule has 0 aliphatic carbocycles. The number of piperazine rings is 1. The molecule has 0 unspecified atom stereocenters. The molecule has 1 aliphatic heterocycles. The SMILES string of the molecule is CCNC(=O)CN1CCN(C(=O)OCC)CC1. The summed E-state index contributed by atoms with van der Waals surface area (Å²) >= 11 is 0. The minimum atomic E-state index is -0.259. The van der Waals surface area contributed by atoms with Crippen LogP contribution in [0.2, 0.25) is 0 Å². The van der Waals surface area contributed by atoms with Crippen LogP contribution in [0.4, 0.5) is 4.79 Å². The molecule has 1 saturated heterocycles. The van der Waals surface area contributed by atoms with Crippen LogP contribution < -0.4 is 5.32 Å². The highest BCUT2D eigenvalue weighted by molar-refractivity contribution is 5.78. The molecule has 1 heterocycles. The topological polar surface area (TPSA) is 61.9 Å². The third-order valence-corrected chi connectivity index (χ3v) is 2.64. The molecule has 0 atom stereocenters. The van der Waals surface area contributed by atoms with Crippen LogP contribution in [0, 0.1) is 0 Å². The van der Waals surface area contributed by atoms with Crippen molar-refractivity contribution in [2.75, 3.05) is 45.9 Å². The van der Waals surface area contributed by atoms with Gasteiger partial charge in [-0.25, -0.2) is 4.79 Å². The largest absolute Gasteiger partial charge is 0.450 e. The first-order valence-corrected chi connectivity index (χ1v) is 6.08. The van der Waals surface area contributed by atoms with Gasteiger partial charge in [0.2, 0.25) is 5.91 Å². The van der Waals surface area contributed by atoms with Gasteiger partial charge in [-0.2, -0.15) is 0 Å². The van der Waals surface area contributed by atoms with Crippen molar-refractivity contribution in [1.29, 1.82) is 0 Å². The van der Waals surface area contributed by atoms with Gasteiger partial charge in [0, 0.05) is 32.7 Å². The normalized spacial score (nSPS) is 16.7. The van der Waals surface area contributed by atoms with Crippen molar-refractivity contribution in [3.63, 3.8) is 0 Å². The van der Waals surface area contributed by atoms with Crippen molar-refractivity contribution in [2.45, 2.75) is 13.8 Å². The molecule has 0 aromatic carbocycles. The molecule has 1 rings (SSSR count). The lowest BCUT2D eigenvalue weighted by Gasteiger charge is -2.33. The van der Waals surface area contributed by atoms with Crippen molar-refractivity contribution >= 4 is 12.0 Å². The molecule has 98 valence electrons. The van der Waals surface area contributed by atoms with Crippen molar-refractivity contribution < 1.29 is 14.3 Å². The van der Waals surface area contributed by atoms with E-state index in [4.69, 9.17) is 4.74 Å². The van der Waals surface area contributed by atoms with Crippen molar-refractivity contribution in [2.24, 2.45) is 0 Å². The van der Waals surface area contributed by atoms with Crippen molar-refractivity contribution in [1.82, 2.24) is 15.1 Å². The van der Waals surface area contributed by atoms with Gasteiger partial charge in [-0.15, -0.1) is 0 Å². The number of hydrogen-bond donors (Lipinski definition) is 1. The maximum absolute atomic E-state index is 11.4. The fourth-order valence-electron chi connectivity index (χ4n) is 1.76. The molecule has 0 bridgehead atoms. The smallest absolute Gasteiger partial charge is 0.409 e. The van der Waals surface area contributed by atoms with E-state index in [1.165, 1.54) is 0 Å². The molecule has 0 radical (unpaired) electrons. The molecule has 6 nitrogen and oxygen atoms in total. The van der Waals surface area contributed by atoms with E-state index in [2.05, 4.69) is 5.32 Å². The van der Waals surface area contributed by atoms with Crippen molar-refractivity contribution in [3.05, 3.63) is 0 Å². The summed E-state index contributed by atoms with van der Waals surface area (Å²) in [6.45, 7) is 7.84. The molecule has 0 spiro atoms. The van der Waals surface area contributed by atoms with Gasteiger partial charge in [0.05, 0.1) is 13.2 Å². The molecule has 0 aromatic heterocycles. The summed E-state index contributed by atoms with van der Waals surface area (Å²) in [4.78, 5) is 26.5. The lowest BCUT2D eigenvalue weighted by molar-refractivity contribution is -0.122. The molecular weight excluding hydrogens is 222 g/mol.